The van der Waals surface area contributed by atoms with Gasteiger partial charge >= 0.3 is 35.8 Å². The van der Waals surface area contributed by atoms with Crippen molar-refractivity contribution in [3.05, 3.63) is 0 Å². The summed E-state index contributed by atoms with van der Waals surface area (Å²) in [5.41, 5.74) is 0. The Bertz CT molecular complexity index is 1430. The third-order valence-corrected chi connectivity index (χ3v) is 10.5. The molecule has 0 aliphatic carbocycles. The van der Waals surface area contributed by atoms with Gasteiger partial charge in [0.2, 0.25) is 0 Å². The maximum atomic E-state index is 12.1. The highest BCUT2D eigenvalue weighted by Gasteiger charge is 2.35. The molecule has 30 heteroatoms. The number of carbonyl (C=O) groups is 6. The topological polar surface area (TPSA) is 522 Å². The Kier molecular flexibility index (Phi) is 35.7. The van der Waals surface area contributed by atoms with Crippen molar-refractivity contribution < 1.29 is 149 Å². The van der Waals surface area contributed by atoms with Crippen LogP contribution in [0.5, 0.6) is 0 Å². The lowest BCUT2D eigenvalue weighted by molar-refractivity contribution is -0.163. The van der Waals surface area contributed by atoms with Gasteiger partial charge in [-0.3, -0.25) is 28.8 Å². The maximum Gasteiger partial charge on any atom is 0.305 e. The maximum absolute atomic E-state index is 12.1. The molecule has 0 aromatic heterocycles. The number of aliphatic hydroxyl groups excluding tert-OH is 18. The monoisotopic (exact) mass is 1060 g/mol. The summed E-state index contributed by atoms with van der Waals surface area (Å²) < 4.78 is 28.8. The predicted octanol–water partition coefficient (Wildman–Crippen LogP) is -9.31. The van der Waals surface area contributed by atoms with Crippen LogP contribution < -0.4 is 0 Å². The molecule has 30 nitrogen and oxygen atoms in total. The van der Waals surface area contributed by atoms with Crippen molar-refractivity contribution in [3.63, 3.8) is 0 Å². The van der Waals surface area contributed by atoms with Crippen LogP contribution in [0.3, 0.4) is 0 Å². The molecule has 0 rings (SSSR count). The zero-order valence-electron chi connectivity index (χ0n) is 39.3. The van der Waals surface area contributed by atoms with E-state index in [0.29, 0.717) is 0 Å². The Labute approximate surface area is 412 Å². The molecule has 0 aliphatic rings. The van der Waals surface area contributed by atoms with E-state index in [0.717, 1.165) is 0 Å². The lowest BCUT2D eigenvalue weighted by Gasteiger charge is -2.26. The van der Waals surface area contributed by atoms with Crippen LogP contribution in [-0.4, -0.2) is 278 Å². The molecule has 0 aromatic rings. The van der Waals surface area contributed by atoms with Gasteiger partial charge in [-0.25, -0.2) is 0 Å². The fraction of sp³-hybridized carbons (Fsp3) is 0.857. The molecule has 0 spiro atoms. The first-order valence-corrected chi connectivity index (χ1v) is 22.8. The molecule has 0 bridgehead atoms. The summed E-state index contributed by atoms with van der Waals surface area (Å²) in [5, 5.41) is 175. The average Bonchev–Trinajstić information content (AvgIpc) is 3.37. The first kappa shape index (κ1) is 68.1. The number of unbranched alkanes of at least 4 members (excludes halogenated alkanes) is 3. The van der Waals surface area contributed by atoms with Gasteiger partial charge in [-0.05, 0) is 38.5 Å². The second-order valence-corrected chi connectivity index (χ2v) is 16.5. The third-order valence-electron chi connectivity index (χ3n) is 10.5. The van der Waals surface area contributed by atoms with Crippen LogP contribution in [0.25, 0.3) is 0 Å². The molecular formula is C42H74O30. The van der Waals surface area contributed by atoms with Gasteiger partial charge < -0.3 is 120 Å². The van der Waals surface area contributed by atoms with Crippen LogP contribution in [0.2, 0.25) is 0 Å². The number of hydrogen-bond acceptors (Lipinski definition) is 30. The number of aliphatic hydroxyl groups is 18. The van der Waals surface area contributed by atoms with Gasteiger partial charge in [0.25, 0.3) is 0 Å². The molecule has 0 fully saturated rings. The van der Waals surface area contributed by atoms with E-state index in [1.165, 1.54) is 0 Å². The number of carbonyl (C=O) groups excluding carboxylic acids is 6. The fourth-order valence-electron chi connectivity index (χ4n) is 5.75. The number of esters is 6. The fourth-order valence-corrected chi connectivity index (χ4v) is 5.75. The van der Waals surface area contributed by atoms with Crippen LogP contribution in [0.1, 0.15) is 77.0 Å². The zero-order chi connectivity index (χ0) is 55.1. The molecule has 0 heterocycles. The summed E-state index contributed by atoms with van der Waals surface area (Å²) in [4.78, 5) is 71.9. The summed E-state index contributed by atoms with van der Waals surface area (Å²) in [6.07, 6.45) is -31.9. The molecule has 0 aliphatic heterocycles. The van der Waals surface area contributed by atoms with Crippen molar-refractivity contribution >= 4 is 35.8 Å². The van der Waals surface area contributed by atoms with Crippen molar-refractivity contribution in [1.82, 2.24) is 0 Å². The van der Waals surface area contributed by atoms with Gasteiger partial charge in [-0.1, -0.05) is 0 Å². The highest BCUT2D eigenvalue weighted by molar-refractivity contribution is 5.72. The van der Waals surface area contributed by atoms with Gasteiger partial charge in [-0.15, -0.1) is 0 Å². The highest BCUT2D eigenvalue weighted by Crippen LogP contribution is 2.13. The Balaban J connectivity index is 4.29. The third kappa shape index (κ3) is 28.5. The summed E-state index contributed by atoms with van der Waals surface area (Å²) in [7, 11) is 0. The molecule has 0 saturated heterocycles. The van der Waals surface area contributed by atoms with E-state index in [-0.39, 0.29) is 77.0 Å². The summed E-state index contributed by atoms with van der Waals surface area (Å²) >= 11 is 0. The van der Waals surface area contributed by atoms with Crippen LogP contribution in [0.15, 0.2) is 0 Å². The van der Waals surface area contributed by atoms with Gasteiger partial charge in [-0.2, -0.15) is 0 Å². The lowest BCUT2D eigenvalue weighted by atomic mass is 10.0. The average molecular weight is 1060 g/mol. The van der Waals surface area contributed by atoms with Crippen molar-refractivity contribution in [2.24, 2.45) is 0 Å². The largest absolute Gasteiger partial charge is 0.463 e. The number of rotatable bonds is 41. The first-order chi connectivity index (χ1) is 33.8. The summed E-state index contributed by atoms with van der Waals surface area (Å²) in [6.45, 7) is -6.62. The molecule has 0 aromatic carbocycles. The van der Waals surface area contributed by atoms with E-state index in [1.54, 1.807) is 0 Å². The standard InChI is InChI=1S/C42H74O30/c43-13-21(45)35(59)37(61)23(47)15-67-29(53)7-1-3-9-31(55)69-17-25(49)39(63)41(65)27(51)19-71-33(57)11-5-6-12-34(58)72-20-28(52)42(66)40(64)26(50)18-70-32(56)10-4-2-8-30(54)68-16-24(48)38(62)36(60)22(46)14-44/h21-28,35-52,59-66H,1-20H2/t21?,22?,23?,24?,25-,26-,27+,28+,35?,36?,37?,38?,39+,40+,41+,42+/m0/s1. The Hall–Kier alpha value is -3.90. The van der Waals surface area contributed by atoms with Gasteiger partial charge in [0.15, 0.2) is 0 Å². The minimum Gasteiger partial charge on any atom is -0.463 e. The summed E-state index contributed by atoms with van der Waals surface area (Å²) in [6, 6.07) is 0. The van der Waals surface area contributed by atoms with Gasteiger partial charge in [0, 0.05) is 38.5 Å². The normalized spacial score (nSPS) is 18.4. The molecule has 72 heavy (non-hydrogen) atoms. The van der Waals surface area contributed by atoms with E-state index >= 15 is 0 Å². The smallest absolute Gasteiger partial charge is 0.305 e. The quantitative estimate of drug-likeness (QED) is 0.0154. The first-order valence-electron chi connectivity index (χ1n) is 22.8. The van der Waals surface area contributed by atoms with Crippen LogP contribution in [0.4, 0.5) is 0 Å². The van der Waals surface area contributed by atoms with E-state index < -0.39 is 186 Å². The zero-order valence-corrected chi connectivity index (χ0v) is 39.3. The van der Waals surface area contributed by atoms with E-state index in [4.69, 9.17) is 38.6 Å². The number of ether oxygens (including phenoxy) is 6. The molecular weight excluding hydrogens is 984 g/mol. The van der Waals surface area contributed by atoms with Crippen molar-refractivity contribution in [3.8, 4) is 0 Å². The molecule has 8 unspecified atom stereocenters. The SMILES string of the molecule is O=C(CCCCC(=O)OC[C@H](O)[C@@H](O)[C@H](O)[C@H](O)COC(=O)CCCCC(=O)OC[C@@H](O)[C@@H](O)[C@H](O)[C@@H](O)COC(=O)CCCCC(=O)OCC(O)C(O)C(O)C(O)CO)OCC(O)C(O)C(O)C(O)CO. The molecule has 422 valence electrons. The van der Waals surface area contributed by atoms with Gasteiger partial charge in [0.05, 0.1) is 13.2 Å². The summed E-state index contributed by atoms with van der Waals surface area (Å²) in [5.74, 6) is -5.23. The lowest BCUT2D eigenvalue weighted by Crippen LogP contribution is -2.48. The minimum absolute atomic E-state index is 0.0361. The molecule has 0 saturated carbocycles. The van der Waals surface area contributed by atoms with Gasteiger partial charge in [0.1, 0.15) is 137 Å². The van der Waals surface area contributed by atoms with Crippen LogP contribution >= 0.6 is 0 Å². The molecule has 16 atom stereocenters. The second kappa shape index (κ2) is 37.8. The van der Waals surface area contributed by atoms with E-state index in [1.807, 2.05) is 0 Å². The Morgan fingerprint density at radius 1 is 0.236 bits per heavy atom. The predicted molar refractivity (Wildman–Crippen MR) is 231 cm³/mol. The van der Waals surface area contributed by atoms with Crippen molar-refractivity contribution in [1.29, 1.82) is 0 Å². The van der Waals surface area contributed by atoms with E-state index in [2.05, 4.69) is 0 Å². The second-order valence-electron chi connectivity index (χ2n) is 16.5. The molecule has 18 N–H and O–H groups in total. The van der Waals surface area contributed by atoms with E-state index in [9.17, 15) is 110 Å². The number of hydrogen-bond donors (Lipinski definition) is 18. The van der Waals surface area contributed by atoms with Crippen LogP contribution in [-0.2, 0) is 57.2 Å². The Morgan fingerprint density at radius 2 is 0.361 bits per heavy atom. The van der Waals surface area contributed by atoms with Crippen molar-refractivity contribution in [2.75, 3.05) is 52.9 Å². The highest BCUT2D eigenvalue weighted by atomic mass is 16.6. The van der Waals surface area contributed by atoms with Crippen LogP contribution in [0, 0.1) is 0 Å². The Morgan fingerprint density at radius 3 is 0.486 bits per heavy atom. The van der Waals surface area contributed by atoms with Crippen molar-refractivity contribution in [2.45, 2.75) is 175 Å². The molecule has 0 amide bonds. The minimum atomic E-state index is -2.08. The molecule has 0 radical (unpaired) electrons.